The van der Waals surface area contributed by atoms with E-state index in [0.29, 0.717) is 0 Å². The molecule has 0 bridgehead atoms. The summed E-state index contributed by atoms with van der Waals surface area (Å²) in [5, 5.41) is 0. The van der Waals surface area contributed by atoms with Crippen molar-refractivity contribution >= 4 is 11.5 Å². The highest BCUT2D eigenvalue weighted by Crippen LogP contribution is 2.38. The molecule has 0 N–H and O–H groups in total. The minimum atomic E-state index is 0.243. The van der Waals surface area contributed by atoms with E-state index in [1.807, 2.05) is 4.90 Å². The molecule has 3 heteroatoms. The Labute approximate surface area is 144 Å². The van der Waals surface area contributed by atoms with Crippen molar-refractivity contribution in [2.24, 2.45) is 0 Å². The standard InChI is InChI=1S/C21H24N2O/c1-22-9-11-23(12-10-22)21(24)20-14-18-8-7-17(13-19(18)15-20)16-5-3-2-4-6-16/h2-6,13,15H,7-12,14H2,1H3. The number of amides is 1. The molecule has 0 unspecified atom stereocenters. The Bertz CT molecular complexity index is 734. The van der Waals surface area contributed by atoms with Gasteiger partial charge in [0.2, 0.25) is 5.91 Å². The predicted octanol–water partition coefficient (Wildman–Crippen LogP) is 3.26. The number of rotatable bonds is 2. The van der Waals surface area contributed by atoms with Gasteiger partial charge in [-0.05, 0) is 49.1 Å². The molecule has 0 aromatic heterocycles. The fraction of sp³-hybridized carbons (Fsp3) is 0.381. The fourth-order valence-electron chi connectivity index (χ4n) is 3.82. The molecule has 1 aromatic carbocycles. The second kappa shape index (κ2) is 6.40. The maximum atomic E-state index is 12.8. The van der Waals surface area contributed by atoms with E-state index in [2.05, 4.69) is 54.4 Å². The van der Waals surface area contributed by atoms with Crippen LogP contribution in [0.3, 0.4) is 0 Å². The van der Waals surface area contributed by atoms with Crippen LogP contribution in [0.15, 0.2) is 59.2 Å². The summed E-state index contributed by atoms with van der Waals surface area (Å²) in [6, 6.07) is 10.6. The average Bonchev–Trinajstić information content (AvgIpc) is 3.06. The molecule has 1 aliphatic heterocycles. The van der Waals surface area contributed by atoms with Gasteiger partial charge in [0.25, 0.3) is 0 Å². The summed E-state index contributed by atoms with van der Waals surface area (Å²) < 4.78 is 0. The van der Waals surface area contributed by atoms with Crippen LogP contribution in [0.2, 0.25) is 0 Å². The second-order valence-corrected chi connectivity index (χ2v) is 7.04. The van der Waals surface area contributed by atoms with Gasteiger partial charge in [0, 0.05) is 31.8 Å². The van der Waals surface area contributed by atoms with Gasteiger partial charge in [-0.25, -0.2) is 0 Å². The maximum absolute atomic E-state index is 12.8. The Morgan fingerprint density at radius 2 is 1.71 bits per heavy atom. The van der Waals surface area contributed by atoms with Gasteiger partial charge in [0.15, 0.2) is 0 Å². The van der Waals surface area contributed by atoms with Crippen LogP contribution in [0.25, 0.3) is 5.57 Å². The van der Waals surface area contributed by atoms with Crippen molar-refractivity contribution in [3.8, 4) is 0 Å². The third-order valence-electron chi connectivity index (χ3n) is 5.38. The molecule has 0 saturated carbocycles. The molecular formula is C21H24N2O. The lowest BCUT2D eigenvalue weighted by Crippen LogP contribution is -2.47. The van der Waals surface area contributed by atoms with E-state index in [4.69, 9.17) is 0 Å². The third-order valence-corrected chi connectivity index (χ3v) is 5.38. The summed E-state index contributed by atoms with van der Waals surface area (Å²) in [5.41, 5.74) is 6.38. The van der Waals surface area contributed by atoms with Crippen molar-refractivity contribution < 1.29 is 4.79 Å². The molecular weight excluding hydrogens is 296 g/mol. The number of carbonyl (C=O) groups is 1. The van der Waals surface area contributed by atoms with Crippen LogP contribution in [0.4, 0.5) is 0 Å². The van der Waals surface area contributed by atoms with Crippen molar-refractivity contribution in [3.05, 3.63) is 64.8 Å². The Morgan fingerprint density at radius 3 is 2.46 bits per heavy atom. The fourth-order valence-corrected chi connectivity index (χ4v) is 3.82. The Kier molecular flexibility index (Phi) is 4.11. The van der Waals surface area contributed by atoms with E-state index in [1.54, 1.807) is 0 Å². The van der Waals surface area contributed by atoms with E-state index in [1.165, 1.54) is 22.3 Å². The number of hydrogen-bond acceptors (Lipinski definition) is 2. The van der Waals surface area contributed by atoms with Gasteiger partial charge in [0.05, 0.1) is 0 Å². The number of piperazine rings is 1. The van der Waals surface area contributed by atoms with Crippen molar-refractivity contribution in [3.63, 3.8) is 0 Å². The molecule has 3 nitrogen and oxygen atoms in total. The van der Waals surface area contributed by atoms with Crippen LogP contribution < -0.4 is 0 Å². The molecule has 0 atom stereocenters. The first-order valence-electron chi connectivity index (χ1n) is 8.87. The Balaban J connectivity index is 1.50. The van der Waals surface area contributed by atoms with Crippen molar-refractivity contribution in [1.29, 1.82) is 0 Å². The number of nitrogens with zero attached hydrogens (tertiary/aromatic N) is 2. The Hall–Kier alpha value is -2.13. The van der Waals surface area contributed by atoms with E-state index in [-0.39, 0.29) is 5.91 Å². The van der Waals surface area contributed by atoms with Crippen LogP contribution in [-0.2, 0) is 4.79 Å². The van der Waals surface area contributed by atoms with Crippen LogP contribution in [0, 0.1) is 0 Å². The average molecular weight is 320 g/mol. The largest absolute Gasteiger partial charge is 0.336 e. The van der Waals surface area contributed by atoms with Gasteiger partial charge in [-0.2, -0.15) is 0 Å². The molecule has 24 heavy (non-hydrogen) atoms. The molecule has 4 rings (SSSR count). The van der Waals surface area contributed by atoms with Crippen LogP contribution in [0.5, 0.6) is 0 Å². The van der Waals surface area contributed by atoms with E-state index >= 15 is 0 Å². The molecule has 124 valence electrons. The molecule has 2 aliphatic carbocycles. The molecule has 3 aliphatic rings. The lowest BCUT2D eigenvalue weighted by molar-refractivity contribution is -0.128. The first-order valence-corrected chi connectivity index (χ1v) is 8.87. The molecule has 0 radical (unpaired) electrons. The number of carbonyl (C=O) groups excluding carboxylic acids is 1. The second-order valence-electron chi connectivity index (χ2n) is 7.04. The summed E-state index contributed by atoms with van der Waals surface area (Å²) in [5.74, 6) is 0.243. The summed E-state index contributed by atoms with van der Waals surface area (Å²) in [7, 11) is 2.12. The molecule has 1 heterocycles. The van der Waals surface area contributed by atoms with E-state index < -0.39 is 0 Å². The molecule has 1 aromatic rings. The molecule has 1 saturated heterocycles. The lowest BCUT2D eigenvalue weighted by Gasteiger charge is -2.32. The lowest BCUT2D eigenvalue weighted by atomic mass is 9.90. The van der Waals surface area contributed by atoms with Crippen LogP contribution >= 0.6 is 0 Å². The summed E-state index contributed by atoms with van der Waals surface area (Å²) in [6.45, 7) is 3.65. The van der Waals surface area contributed by atoms with Gasteiger partial charge < -0.3 is 9.80 Å². The quantitative estimate of drug-likeness (QED) is 0.835. The molecule has 1 fully saturated rings. The highest BCUT2D eigenvalue weighted by atomic mass is 16.2. The first kappa shape index (κ1) is 15.4. The van der Waals surface area contributed by atoms with E-state index in [9.17, 15) is 4.79 Å². The molecule has 0 spiro atoms. The first-order chi connectivity index (χ1) is 11.7. The summed E-state index contributed by atoms with van der Waals surface area (Å²) in [4.78, 5) is 17.1. The highest BCUT2D eigenvalue weighted by molar-refractivity contribution is 5.96. The van der Waals surface area contributed by atoms with E-state index in [0.717, 1.165) is 51.0 Å². The zero-order valence-electron chi connectivity index (χ0n) is 14.3. The van der Waals surface area contributed by atoms with Gasteiger partial charge in [0.1, 0.15) is 0 Å². The van der Waals surface area contributed by atoms with Gasteiger partial charge in [-0.3, -0.25) is 4.79 Å². The van der Waals surface area contributed by atoms with Crippen molar-refractivity contribution in [1.82, 2.24) is 9.80 Å². The number of likely N-dealkylation sites (N-methyl/N-ethyl adjacent to an activating group) is 1. The van der Waals surface area contributed by atoms with Gasteiger partial charge in [-0.1, -0.05) is 42.0 Å². The zero-order valence-corrected chi connectivity index (χ0v) is 14.3. The summed E-state index contributed by atoms with van der Waals surface area (Å²) in [6.07, 6.45) is 7.42. The minimum absolute atomic E-state index is 0.243. The van der Waals surface area contributed by atoms with Crippen LogP contribution in [-0.4, -0.2) is 48.9 Å². The third kappa shape index (κ3) is 2.96. The smallest absolute Gasteiger partial charge is 0.250 e. The predicted molar refractivity (Wildman–Crippen MR) is 97.5 cm³/mol. The Morgan fingerprint density at radius 1 is 0.958 bits per heavy atom. The van der Waals surface area contributed by atoms with Gasteiger partial charge in [-0.15, -0.1) is 0 Å². The number of benzene rings is 1. The number of allylic oxidation sites excluding steroid dienone is 5. The normalized spacial score (nSPS) is 21.5. The van der Waals surface area contributed by atoms with Crippen LogP contribution in [0.1, 0.15) is 24.8 Å². The minimum Gasteiger partial charge on any atom is -0.336 e. The monoisotopic (exact) mass is 320 g/mol. The maximum Gasteiger partial charge on any atom is 0.250 e. The van der Waals surface area contributed by atoms with Gasteiger partial charge >= 0.3 is 0 Å². The SMILES string of the molecule is CN1CCN(C(=O)C2=CC3=C(CCC(c4ccccc4)=C3)C2)CC1. The zero-order chi connectivity index (χ0) is 16.5. The number of hydrogen-bond donors (Lipinski definition) is 0. The summed E-state index contributed by atoms with van der Waals surface area (Å²) >= 11 is 0. The highest BCUT2D eigenvalue weighted by Gasteiger charge is 2.27. The topological polar surface area (TPSA) is 23.6 Å². The van der Waals surface area contributed by atoms with Crippen molar-refractivity contribution in [2.75, 3.05) is 33.2 Å². The molecule has 1 amide bonds. The van der Waals surface area contributed by atoms with Crippen molar-refractivity contribution in [2.45, 2.75) is 19.3 Å².